The summed E-state index contributed by atoms with van der Waals surface area (Å²) < 4.78 is 4.97. The average Bonchev–Trinajstić information content (AvgIpc) is 2.64. The van der Waals surface area contributed by atoms with Crippen LogP contribution in [-0.4, -0.2) is 35.1 Å². The second-order valence-electron chi connectivity index (χ2n) is 4.01. The molecule has 0 spiro atoms. The Morgan fingerprint density at radius 3 is 2.79 bits per heavy atom. The van der Waals surface area contributed by atoms with Gasteiger partial charge in [0.05, 0.1) is 5.69 Å². The Balaban J connectivity index is 2.01. The summed E-state index contributed by atoms with van der Waals surface area (Å²) >= 11 is 0. The molecule has 2 atom stereocenters. The van der Waals surface area contributed by atoms with Gasteiger partial charge in [-0.1, -0.05) is 0 Å². The van der Waals surface area contributed by atoms with E-state index in [1.807, 2.05) is 0 Å². The van der Waals surface area contributed by atoms with E-state index in [9.17, 15) is 0 Å². The Bertz CT molecular complexity index is 263. The molecule has 4 heteroatoms. The molecule has 14 heavy (non-hydrogen) atoms. The molecule has 78 valence electrons. The van der Waals surface area contributed by atoms with Crippen molar-refractivity contribution in [2.45, 2.75) is 32.5 Å². The van der Waals surface area contributed by atoms with Crippen LogP contribution < -0.4 is 5.32 Å². The van der Waals surface area contributed by atoms with Crippen LogP contribution >= 0.6 is 0 Å². The number of piperazine rings is 1. The minimum atomic E-state index is 0.565. The smallest absolute Gasteiger partial charge is 0.180 e. The van der Waals surface area contributed by atoms with Crippen LogP contribution in [0.25, 0.3) is 0 Å². The third-order valence-electron chi connectivity index (χ3n) is 2.84. The molecule has 0 aliphatic carbocycles. The van der Waals surface area contributed by atoms with Crippen molar-refractivity contribution in [3.05, 3.63) is 18.4 Å². The monoisotopic (exact) mass is 195 g/mol. The lowest BCUT2D eigenvalue weighted by Gasteiger charge is -2.38. The Labute approximate surface area is 84.3 Å². The fourth-order valence-corrected chi connectivity index (χ4v) is 1.98. The summed E-state index contributed by atoms with van der Waals surface area (Å²) in [5, 5.41) is 3.41. The number of nitrogens with zero attached hydrogens (tertiary/aromatic N) is 2. The van der Waals surface area contributed by atoms with Gasteiger partial charge in [-0.05, 0) is 13.8 Å². The maximum atomic E-state index is 4.97. The highest BCUT2D eigenvalue weighted by molar-refractivity contribution is 4.94. The van der Waals surface area contributed by atoms with Crippen molar-refractivity contribution in [2.24, 2.45) is 0 Å². The highest BCUT2D eigenvalue weighted by Crippen LogP contribution is 2.13. The van der Waals surface area contributed by atoms with Crippen LogP contribution in [0, 0.1) is 0 Å². The Morgan fingerprint density at radius 2 is 2.21 bits per heavy atom. The topological polar surface area (TPSA) is 41.3 Å². The molecule has 1 aromatic heterocycles. The van der Waals surface area contributed by atoms with Crippen LogP contribution in [0.15, 0.2) is 17.1 Å². The summed E-state index contributed by atoms with van der Waals surface area (Å²) in [4.78, 5) is 6.60. The second kappa shape index (κ2) is 4.11. The number of oxazole rings is 1. The van der Waals surface area contributed by atoms with E-state index in [0.29, 0.717) is 12.1 Å². The zero-order valence-corrected chi connectivity index (χ0v) is 8.73. The summed E-state index contributed by atoms with van der Waals surface area (Å²) in [6, 6.07) is 1.13. The summed E-state index contributed by atoms with van der Waals surface area (Å²) in [6.45, 7) is 7.48. The number of rotatable bonds is 2. The van der Waals surface area contributed by atoms with E-state index in [0.717, 1.165) is 25.3 Å². The first kappa shape index (κ1) is 9.68. The van der Waals surface area contributed by atoms with Crippen LogP contribution in [0.5, 0.6) is 0 Å². The van der Waals surface area contributed by atoms with Gasteiger partial charge >= 0.3 is 0 Å². The second-order valence-corrected chi connectivity index (χ2v) is 4.01. The van der Waals surface area contributed by atoms with E-state index in [4.69, 9.17) is 4.42 Å². The minimum Gasteiger partial charge on any atom is -0.451 e. The van der Waals surface area contributed by atoms with Crippen molar-refractivity contribution < 1.29 is 4.42 Å². The normalized spacial score (nSPS) is 29.3. The summed E-state index contributed by atoms with van der Waals surface area (Å²) in [7, 11) is 0. The van der Waals surface area contributed by atoms with Crippen LogP contribution in [0.1, 0.15) is 19.5 Å². The highest BCUT2D eigenvalue weighted by Gasteiger charge is 2.24. The molecule has 1 aromatic rings. The van der Waals surface area contributed by atoms with Gasteiger partial charge in [0.15, 0.2) is 6.39 Å². The van der Waals surface area contributed by atoms with Gasteiger partial charge in [-0.25, -0.2) is 4.98 Å². The lowest BCUT2D eigenvalue weighted by Crippen LogP contribution is -2.54. The van der Waals surface area contributed by atoms with Gasteiger partial charge in [0.2, 0.25) is 0 Å². The fourth-order valence-electron chi connectivity index (χ4n) is 1.98. The van der Waals surface area contributed by atoms with Crippen LogP contribution in [0.2, 0.25) is 0 Å². The van der Waals surface area contributed by atoms with Gasteiger partial charge in [-0.2, -0.15) is 0 Å². The number of hydrogen-bond acceptors (Lipinski definition) is 4. The average molecular weight is 195 g/mol. The molecular weight excluding hydrogens is 178 g/mol. The molecule has 4 nitrogen and oxygen atoms in total. The number of nitrogens with one attached hydrogen (secondary N) is 1. The Morgan fingerprint density at radius 1 is 1.50 bits per heavy atom. The molecule has 1 N–H and O–H groups in total. The van der Waals surface area contributed by atoms with Crippen LogP contribution in [0.3, 0.4) is 0 Å². The van der Waals surface area contributed by atoms with E-state index in [1.54, 1.807) is 6.26 Å². The lowest BCUT2D eigenvalue weighted by atomic mass is 10.1. The van der Waals surface area contributed by atoms with Crippen LogP contribution in [0.4, 0.5) is 0 Å². The molecule has 1 fully saturated rings. The molecule has 1 aliphatic heterocycles. The molecule has 1 saturated heterocycles. The molecule has 0 saturated carbocycles. The van der Waals surface area contributed by atoms with E-state index in [-0.39, 0.29) is 0 Å². The third kappa shape index (κ3) is 1.96. The summed E-state index contributed by atoms with van der Waals surface area (Å²) in [6.07, 6.45) is 3.22. The third-order valence-corrected chi connectivity index (χ3v) is 2.84. The molecule has 1 aliphatic rings. The largest absolute Gasteiger partial charge is 0.451 e. The maximum Gasteiger partial charge on any atom is 0.180 e. The van der Waals surface area contributed by atoms with E-state index < -0.39 is 0 Å². The SMILES string of the molecule is CC1CNCC(C)N1Cc1cocn1. The quantitative estimate of drug-likeness (QED) is 0.760. The molecule has 0 aromatic carbocycles. The van der Waals surface area contributed by atoms with Gasteiger partial charge in [0, 0.05) is 31.7 Å². The molecule has 2 heterocycles. The maximum absolute atomic E-state index is 4.97. The van der Waals surface area contributed by atoms with Crippen molar-refractivity contribution in [1.82, 2.24) is 15.2 Å². The van der Waals surface area contributed by atoms with Gasteiger partial charge in [-0.15, -0.1) is 0 Å². The summed E-state index contributed by atoms with van der Waals surface area (Å²) in [5.74, 6) is 0. The Hall–Kier alpha value is -0.870. The predicted octanol–water partition coefficient (Wildman–Crippen LogP) is 0.857. The first-order chi connectivity index (χ1) is 6.77. The Kier molecular flexibility index (Phi) is 2.84. The van der Waals surface area contributed by atoms with Gasteiger partial charge in [-0.3, -0.25) is 4.90 Å². The molecule has 0 radical (unpaired) electrons. The molecule has 2 rings (SSSR count). The molecule has 2 unspecified atom stereocenters. The molecule has 0 amide bonds. The molecular formula is C10H17N3O. The lowest BCUT2D eigenvalue weighted by molar-refractivity contribution is 0.107. The van der Waals surface area contributed by atoms with Crippen molar-refractivity contribution >= 4 is 0 Å². The molecule has 0 bridgehead atoms. The first-order valence-corrected chi connectivity index (χ1v) is 5.11. The van der Waals surface area contributed by atoms with Crippen molar-refractivity contribution in [1.29, 1.82) is 0 Å². The van der Waals surface area contributed by atoms with Crippen LogP contribution in [-0.2, 0) is 6.54 Å². The van der Waals surface area contributed by atoms with Gasteiger partial charge < -0.3 is 9.73 Å². The summed E-state index contributed by atoms with van der Waals surface area (Å²) in [5.41, 5.74) is 1.02. The van der Waals surface area contributed by atoms with E-state index >= 15 is 0 Å². The fraction of sp³-hybridized carbons (Fsp3) is 0.700. The predicted molar refractivity (Wildman–Crippen MR) is 53.8 cm³/mol. The zero-order valence-electron chi connectivity index (χ0n) is 8.73. The van der Waals surface area contributed by atoms with Gasteiger partial charge in [0.25, 0.3) is 0 Å². The zero-order chi connectivity index (χ0) is 9.97. The first-order valence-electron chi connectivity index (χ1n) is 5.11. The van der Waals surface area contributed by atoms with Gasteiger partial charge in [0.1, 0.15) is 6.26 Å². The van der Waals surface area contributed by atoms with E-state index in [2.05, 4.69) is 29.0 Å². The highest BCUT2D eigenvalue weighted by atomic mass is 16.3. The van der Waals surface area contributed by atoms with Crippen molar-refractivity contribution in [3.8, 4) is 0 Å². The standard InChI is InChI=1S/C10H17N3O/c1-8-3-11-4-9(2)13(8)5-10-6-14-7-12-10/h6-9,11H,3-5H2,1-2H3. The van der Waals surface area contributed by atoms with E-state index in [1.165, 1.54) is 6.39 Å². The number of aromatic nitrogens is 1. The van der Waals surface area contributed by atoms with Crippen molar-refractivity contribution in [3.63, 3.8) is 0 Å². The van der Waals surface area contributed by atoms with Crippen molar-refractivity contribution in [2.75, 3.05) is 13.1 Å². The minimum absolute atomic E-state index is 0.565. The number of hydrogen-bond donors (Lipinski definition) is 1.